The van der Waals surface area contributed by atoms with Gasteiger partial charge in [0.15, 0.2) is 19.8 Å². The van der Waals surface area contributed by atoms with Gasteiger partial charge in [-0.1, -0.05) is 12.1 Å². The molecule has 0 aliphatic rings. The first kappa shape index (κ1) is 16.9. The number of nitrogens with one attached hydrogen (secondary N) is 1. The monoisotopic (exact) mass is 381 g/mol. The highest BCUT2D eigenvalue weighted by atomic mass is 32.2. The van der Waals surface area contributed by atoms with E-state index in [1.54, 1.807) is 0 Å². The largest absolute Gasteiger partial charge is 0.494 e. The molecule has 0 unspecified atom stereocenters. The third-order valence-electron chi connectivity index (χ3n) is 3.24. The van der Waals surface area contributed by atoms with Crippen molar-refractivity contribution in [3.8, 4) is 11.8 Å². The summed E-state index contributed by atoms with van der Waals surface area (Å²) in [7, 11) is -9.06. The maximum atomic E-state index is 12.7. The van der Waals surface area contributed by atoms with Crippen molar-refractivity contribution < 1.29 is 27.0 Å². The molecule has 0 amide bonds. The van der Waals surface area contributed by atoms with Crippen molar-refractivity contribution in [2.45, 2.75) is 19.8 Å². The third-order valence-corrected chi connectivity index (χ3v) is 6.82. The summed E-state index contributed by atoms with van der Waals surface area (Å²) in [5, 5.41) is 18.9. The van der Waals surface area contributed by atoms with Crippen LogP contribution in [0.15, 0.2) is 68.6 Å². The lowest BCUT2D eigenvalue weighted by molar-refractivity contribution is 0.417. The summed E-state index contributed by atoms with van der Waals surface area (Å²) < 4.78 is 50.9. The van der Waals surface area contributed by atoms with Gasteiger partial charge >= 0.3 is 0 Å². The number of pyridine rings is 2. The van der Waals surface area contributed by atoms with Gasteiger partial charge in [-0.15, -0.1) is 0 Å². The lowest BCUT2D eigenvalue weighted by atomic mass is 10.5. The Balaban J connectivity index is 2.32. The van der Waals surface area contributed by atoms with Crippen molar-refractivity contribution >= 4 is 19.7 Å². The van der Waals surface area contributed by atoms with Crippen LogP contribution in [-0.2, 0) is 19.7 Å². The zero-order valence-electron chi connectivity index (χ0n) is 12.4. The van der Waals surface area contributed by atoms with Crippen molar-refractivity contribution in [2.75, 3.05) is 0 Å². The molecule has 0 spiro atoms. The van der Waals surface area contributed by atoms with Gasteiger partial charge in [0.05, 0.1) is 0 Å². The van der Waals surface area contributed by atoms with Gasteiger partial charge in [-0.3, -0.25) is 4.98 Å². The summed E-state index contributed by atoms with van der Waals surface area (Å²) in [4.78, 5) is 7.28. The summed E-state index contributed by atoms with van der Waals surface area (Å²) in [6.07, 6.45) is 2.40. The predicted octanol–water partition coefficient (Wildman–Crippen LogP) is 0.881. The van der Waals surface area contributed by atoms with E-state index in [0.717, 1.165) is 12.1 Å². The molecule has 0 bridgehead atoms. The molecule has 11 heteroatoms. The van der Waals surface area contributed by atoms with Crippen molar-refractivity contribution in [1.82, 2.24) is 15.0 Å². The van der Waals surface area contributed by atoms with Crippen molar-refractivity contribution in [1.29, 1.82) is 0 Å². The summed E-state index contributed by atoms with van der Waals surface area (Å²) in [5.74, 6) is -2.03. The van der Waals surface area contributed by atoms with Gasteiger partial charge in [0, 0.05) is 12.4 Å². The van der Waals surface area contributed by atoms with E-state index in [1.807, 2.05) is 4.98 Å². The van der Waals surface area contributed by atoms with Gasteiger partial charge in [-0.2, -0.15) is 0 Å². The first-order valence-corrected chi connectivity index (χ1v) is 9.69. The highest BCUT2D eigenvalue weighted by Gasteiger charge is 2.38. The summed E-state index contributed by atoms with van der Waals surface area (Å²) in [5.41, 5.74) is 0. The van der Waals surface area contributed by atoms with Gasteiger partial charge in [0.1, 0.15) is 0 Å². The number of sulfone groups is 2. The number of nitrogens with zero attached hydrogens (tertiary/aromatic N) is 2. The molecule has 0 saturated heterocycles. The van der Waals surface area contributed by atoms with E-state index >= 15 is 0 Å². The zero-order valence-corrected chi connectivity index (χ0v) is 14.0. The van der Waals surface area contributed by atoms with E-state index in [9.17, 15) is 27.0 Å². The molecule has 0 saturated carbocycles. The Morgan fingerprint density at radius 2 is 1.12 bits per heavy atom. The number of aromatic nitrogens is 3. The second-order valence-electron chi connectivity index (χ2n) is 4.82. The third kappa shape index (κ3) is 2.72. The summed E-state index contributed by atoms with van der Waals surface area (Å²) in [6, 6.07) is 7.98. The molecule has 0 atom stereocenters. The Morgan fingerprint density at radius 3 is 1.44 bits per heavy atom. The normalized spacial score (nSPS) is 12.2. The standard InChI is InChI=1S/C14H11N3O6S2/c18-13-11(24(20,21)9-5-1-3-7-15-9)12(14(19)17-13)25(22,23)10-6-2-4-8-16-10/h1-8,17-19H. The van der Waals surface area contributed by atoms with Gasteiger partial charge in [-0.05, 0) is 24.3 Å². The Labute approximate surface area is 142 Å². The molecule has 3 aromatic rings. The van der Waals surface area contributed by atoms with Gasteiger partial charge in [0.25, 0.3) is 0 Å². The number of rotatable bonds is 4. The fourth-order valence-electron chi connectivity index (χ4n) is 2.16. The molecule has 3 aromatic heterocycles. The Bertz CT molecular complexity index is 1030. The van der Waals surface area contributed by atoms with Crippen LogP contribution in [0, 0.1) is 0 Å². The van der Waals surface area contributed by atoms with Gasteiger partial charge in [-0.25, -0.2) is 26.8 Å². The van der Waals surface area contributed by atoms with E-state index < -0.39 is 51.3 Å². The minimum Gasteiger partial charge on any atom is -0.494 e. The number of aromatic hydroxyl groups is 2. The Hall–Kier alpha value is -2.92. The number of aromatic amines is 1. The maximum Gasteiger partial charge on any atom is 0.230 e. The van der Waals surface area contributed by atoms with Crippen LogP contribution in [0.1, 0.15) is 0 Å². The van der Waals surface area contributed by atoms with Crippen LogP contribution in [0.2, 0.25) is 0 Å². The van der Waals surface area contributed by atoms with Crippen LogP contribution >= 0.6 is 0 Å². The number of H-pyrrole nitrogens is 1. The molecule has 3 N–H and O–H groups in total. The Morgan fingerprint density at radius 1 is 0.720 bits per heavy atom. The van der Waals surface area contributed by atoms with E-state index in [1.165, 1.54) is 36.7 Å². The first-order chi connectivity index (χ1) is 11.8. The van der Waals surface area contributed by atoms with Crippen molar-refractivity contribution in [3.05, 3.63) is 48.8 Å². The quantitative estimate of drug-likeness (QED) is 0.602. The van der Waals surface area contributed by atoms with Gasteiger partial charge in [0.2, 0.25) is 31.4 Å². The zero-order chi connectivity index (χ0) is 18.2. The predicted molar refractivity (Wildman–Crippen MR) is 83.5 cm³/mol. The van der Waals surface area contributed by atoms with Crippen molar-refractivity contribution in [3.63, 3.8) is 0 Å². The Kier molecular flexibility index (Phi) is 3.97. The fraction of sp³-hybridized carbons (Fsp3) is 0. The van der Waals surface area contributed by atoms with Crippen LogP contribution in [-0.4, -0.2) is 42.0 Å². The molecule has 0 radical (unpaired) electrons. The smallest absolute Gasteiger partial charge is 0.230 e. The molecule has 0 aliphatic carbocycles. The van der Waals surface area contributed by atoms with Crippen LogP contribution < -0.4 is 0 Å². The van der Waals surface area contributed by atoms with Crippen LogP contribution in [0.5, 0.6) is 11.8 Å². The molecular weight excluding hydrogens is 370 g/mol. The minimum atomic E-state index is -4.53. The van der Waals surface area contributed by atoms with Crippen molar-refractivity contribution in [2.24, 2.45) is 0 Å². The highest BCUT2D eigenvalue weighted by Crippen LogP contribution is 2.41. The van der Waals surface area contributed by atoms with E-state index in [-0.39, 0.29) is 0 Å². The maximum absolute atomic E-state index is 12.7. The average molecular weight is 381 g/mol. The second kappa shape index (κ2) is 5.86. The topological polar surface area (TPSA) is 150 Å². The molecule has 3 rings (SSSR count). The molecular formula is C14H11N3O6S2. The SMILES string of the molecule is O=S(=O)(c1ccccn1)c1c(O)[nH]c(O)c1S(=O)(=O)c1ccccn1. The highest BCUT2D eigenvalue weighted by molar-refractivity contribution is 7.94. The lowest BCUT2D eigenvalue weighted by Gasteiger charge is -2.07. The minimum absolute atomic E-state index is 0.484. The molecule has 25 heavy (non-hydrogen) atoms. The molecule has 9 nitrogen and oxygen atoms in total. The summed E-state index contributed by atoms with van der Waals surface area (Å²) >= 11 is 0. The lowest BCUT2D eigenvalue weighted by Crippen LogP contribution is -2.11. The van der Waals surface area contributed by atoms with E-state index in [4.69, 9.17) is 0 Å². The molecule has 130 valence electrons. The first-order valence-electron chi connectivity index (χ1n) is 6.72. The fourth-order valence-corrected chi connectivity index (χ4v) is 5.44. The van der Waals surface area contributed by atoms with Gasteiger partial charge < -0.3 is 10.2 Å². The number of hydrogen-bond acceptors (Lipinski definition) is 8. The molecule has 0 fully saturated rings. The van der Waals surface area contributed by atoms with E-state index in [0.29, 0.717) is 0 Å². The van der Waals surface area contributed by atoms with Crippen LogP contribution in [0.4, 0.5) is 0 Å². The molecule has 0 aliphatic heterocycles. The van der Waals surface area contributed by atoms with Crippen LogP contribution in [0.3, 0.4) is 0 Å². The second-order valence-corrected chi connectivity index (χ2v) is 8.49. The molecule has 0 aromatic carbocycles. The number of hydrogen-bond donors (Lipinski definition) is 3. The molecule has 3 heterocycles. The van der Waals surface area contributed by atoms with E-state index in [2.05, 4.69) is 9.97 Å². The summed E-state index contributed by atoms with van der Waals surface area (Å²) in [6.45, 7) is 0. The van der Waals surface area contributed by atoms with Crippen LogP contribution in [0.25, 0.3) is 0 Å². The average Bonchev–Trinajstić information content (AvgIpc) is 2.92.